The maximum atomic E-state index is 12.2. The number of carbonyl (C=O) groups is 10. The number of hydrogen-bond acceptors (Lipinski definition) is 11. The van der Waals surface area contributed by atoms with Gasteiger partial charge in [0.25, 0.3) is 0 Å². The summed E-state index contributed by atoms with van der Waals surface area (Å²) in [5, 5.41) is 9.85. The van der Waals surface area contributed by atoms with Crippen LogP contribution in [-0.4, -0.2) is 204 Å². The molecule has 0 aliphatic heterocycles. The molecule has 0 aliphatic rings. The molecule has 0 spiro atoms. The first-order valence-electron chi connectivity index (χ1n) is 16.9. The van der Waals surface area contributed by atoms with Crippen molar-refractivity contribution in [2.45, 2.75) is 34.6 Å². The van der Waals surface area contributed by atoms with Gasteiger partial charge in [-0.1, -0.05) is 27.7 Å². The summed E-state index contributed by atoms with van der Waals surface area (Å²) in [4.78, 5) is 121. The van der Waals surface area contributed by atoms with Crippen LogP contribution < -0.4 is 27.0 Å². The quantitative estimate of drug-likeness (QED) is 0.0696. The highest BCUT2D eigenvalue weighted by Gasteiger charge is 2.20. The second-order valence-electron chi connectivity index (χ2n) is 10.9. The van der Waals surface area contributed by atoms with Crippen molar-refractivity contribution < 1.29 is 47.9 Å². The van der Waals surface area contributed by atoms with E-state index < -0.39 is 47.9 Å². The molecule has 0 aromatic heterocycles. The fraction of sp³-hybridized carbons (Fsp3) is 0.688. The highest BCUT2D eigenvalue weighted by molar-refractivity contribution is 5.92. The van der Waals surface area contributed by atoms with Gasteiger partial charge in [-0.3, -0.25) is 47.9 Å². The van der Waals surface area contributed by atoms with E-state index in [-0.39, 0.29) is 51.7 Å². The molecule has 306 valence electrons. The third-order valence-electron chi connectivity index (χ3n) is 6.41. The van der Waals surface area contributed by atoms with Crippen LogP contribution in [-0.2, 0) is 47.9 Å². The Kier molecular flexibility index (Phi) is 34.7. The largest absolute Gasteiger partial charge is 0.368 e. The summed E-state index contributed by atoms with van der Waals surface area (Å²) in [5.41, 5.74) is 4.91. The van der Waals surface area contributed by atoms with Crippen LogP contribution in [0.4, 0.5) is 0 Å². The number of carbonyl (C=O) groups excluding carboxylic acids is 10. The van der Waals surface area contributed by atoms with Gasteiger partial charge in [0.15, 0.2) is 0 Å². The second kappa shape index (κ2) is 33.8. The van der Waals surface area contributed by atoms with E-state index in [1.165, 1.54) is 33.1 Å². The van der Waals surface area contributed by atoms with Crippen LogP contribution in [0.5, 0.6) is 0 Å². The van der Waals surface area contributed by atoms with E-state index in [2.05, 4.69) is 35.1 Å². The molecule has 0 aliphatic carbocycles. The molecule has 53 heavy (non-hydrogen) atoms. The molecule has 0 radical (unpaired) electrons. The Morgan fingerprint density at radius 1 is 0.528 bits per heavy atom. The second-order valence-corrected chi connectivity index (χ2v) is 10.9. The lowest BCUT2D eigenvalue weighted by Crippen LogP contribution is -2.48. The molecule has 21 heteroatoms. The van der Waals surface area contributed by atoms with Crippen molar-refractivity contribution in [3.8, 4) is 0 Å². The first-order valence-corrected chi connectivity index (χ1v) is 16.9. The molecular weight excluding hydrogens is 698 g/mol. The highest BCUT2D eigenvalue weighted by atomic mass is 16.2. The molecule has 0 aromatic carbocycles. The van der Waals surface area contributed by atoms with Gasteiger partial charge in [-0.05, 0) is 20.0 Å². The molecule has 0 unspecified atom stereocenters. The van der Waals surface area contributed by atoms with E-state index in [9.17, 15) is 47.9 Å². The topological polar surface area (TPSA) is 264 Å². The van der Waals surface area contributed by atoms with Crippen molar-refractivity contribution in [3.63, 3.8) is 0 Å². The van der Waals surface area contributed by atoms with Crippen molar-refractivity contribution in [1.82, 2.24) is 50.7 Å². The first-order chi connectivity index (χ1) is 24.8. The van der Waals surface area contributed by atoms with E-state index in [1.807, 2.05) is 20.8 Å². The standard InChI is InChI=1S/C19H32N8O8.C7H14N2O2.C4H11N.C2H6/c1-24(8-14(30)22-5-13(20)29)19(35)11-27(4)17(33)7-23-15(31)9-25(2)18(34)10-26(3)16(32)6-21-12-28;1-4-9(3)7(11)5-8(2)6-10;1-3-5-4-2;1-2/h12H,5-11H2,1-4H3,(H2,20,29)(H,21,28)(H,22,30)(H,23,31);6H,4-5H2,1-3H3;5H,3-4H2,1-2H3;1-2H3. The number of nitrogens with two attached hydrogens (primary N) is 1. The van der Waals surface area contributed by atoms with Crippen LogP contribution in [0, 0.1) is 0 Å². The smallest absolute Gasteiger partial charge is 0.242 e. The fourth-order valence-corrected chi connectivity index (χ4v) is 3.10. The van der Waals surface area contributed by atoms with E-state index in [1.54, 1.807) is 19.0 Å². The zero-order valence-electron chi connectivity index (χ0n) is 33.3. The molecular formula is C32H63N11O10. The van der Waals surface area contributed by atoms with Crippen LogP contribution in [0.3, 0.4) is 0 Å². The van der Waals surface area contributed by atoms with Gasteiger partial charge in [-0.25, -0.2) is 0 Å². The lowest BCUT2D eigenvalue weighted by Gasteiger charge is -2.23. The van der Waals surface area contributed by atoms with E-state index in [0.29, 0.717) is 19.4 Å². The summed E-state index contributed by atoms with van der Waals surface area (Å²) >= 11 is 0. The van der Waals surface area contributed by atoms with Crippen LogP contribution >= 0.6 is 0 Å². The molecule has 10 amide bonds. The molecule has 0 aromatic rings. The SMILES string of the molecule is CC.CCN(C)C(=O)CN(C)C=O.CCNCC.CN(CC(=O)NCC(=O)N(C)CC(=O)N(C)CC(=O)NCC(N)=O)C(=O)CN(C)C(=O)CNC=O. The highest BCUT2D eigenvalue weighted by Crippen LogP contribution is 1.93. The van der Waals surface area contributed by atoms with E-state index in [0.717, 1.165) is 32.7 Å². The van der Waals surface area contributed by atoms with Crippen molar-refractivity contribution in [3.05, 3.63) is 0 Å². The zero-order valence-corrected chi connectivity index (χ0v) is 33.3. The summed E-state index contributed by atoms with van der Waals surface area (Å²) in [6, 6.07) is 0. The molecule has 21 nitrogen and oxygen atoms in total. The Bertz CT molecular complexity index is 1160. The summed E-state index contributed by atoms with van der Waals surface area (Å²) in [6.07, 6.45) is 0.992. The minimum atomic E-state index is -0.735. The van der Waals surface area contributed by atoms with E-state index >= 15 is 0 Å². The van der Waals surface area contributed by atoms with Crippen molar-refractivity contribution in [1.29, 1.82) is 0 Å². The Balaban J connectivity index is -0.000000546. The average molecular weight is 762 g/mol. The minimum absolute atomic E-state index is 0.0397. The number of nitrogens with one attached hydrogen (secondary N) is 4. The fourth-order valence-electron chi connectivity index (χ4n) is 3.10. The van der Waals surface area contributed by atoms with Gasteiger partial charge in [-0.2, -0.15) is 0 Å². The van der Waals surface area contributed by atoms with Gasteiger partial charge in [-0.15, -0.1) is 0 Å². The third kappa shape index (κ3) is 31.1. The number of hydrogen-bond donors (Lipinski definition) is 5. The van der Waals surface area contributed by atoms with Gasteiger partial charge in [0.2, 0.25) is 60.1 Å². The van der Waals surface area contributed by atoms with Gasteiger partial charge in [0.05, 0.1) is 52.4 Å². The molecule has 6 N–H and O–H groups in total. The zero-order chi connectivity index (χ0) is 42.1. The van der Waals surface area contributed by atoms with Crippen molar-refractivity contribution in [2.75, 3.05) is 114 Å². The van der Waals surface area contributed by atoms with E-state index in [4.69, 9.17) is 5.73 Å². The van der Waals surface area contributed by atoms with Crippen LogP contribution in [0.25, 0.3) is 0 Å². The molecule has 0 atom stereocenters. The molecule has 0 rings (SSSR count). The van der Waals surface area contributed by atoms with Crippen LogP contribution in [0.15, 0.2) is 0 Å². The Hall–Kier alpha value is -5.34. The van der Waals surface area contributed by atoms with Gasteiger partial charge >= 0.3 is 0 Å². The summed E-state index contributed by atoms with van der Waals surface area (Å²) in [7, 11) is 8.65. The number of likely N-dealkylation sites (N-methyl/N-ethyl adjacent to an activating group) is 6. The number of rotatable bonds is 21. The average Bonchev–Trinajstić information content (AvgIpc) is 3.12. The van der Waals surface area contributed by atoms with Crippen LogP contribution in [0.1, 0.15) is 34.6 Å². The van der Waals surface area contributed by atoms with Crippen molar-refractivity contribution >= 4 is 60.1 Å². The summed E-state index contributed by atoms with van der Waals surface area (Å²) < 4.78 is 0. The maximum absolute atomic E-state index is 12.2. The van der Waals surface area contributed by atoms with Crippen molar-refractivity contribution in [2.24, 2.45) is 5.73 Å². The first kappa shape index (κ1) is 54.4. The van der Waals surface area contributed by atoms with Crippen LogP contribution in [0.2, 0.25) is 0 Å². The third-order valence-corrected chi connectivity index (χ3v) is 6.41. The summed E-state index contributed by atoms with van der Waals surface area (Å²) in [6.45, 7) is 10.6. The van der Waals surface area contributed by atoms with Gasteiger partial charge in [0.1, 0.15) is 0 Å². The Morgan fingerprint density at radius 2 is 0.906 bits per heavy atom. The number of primary amides is 1. The molecule has 0 saturated heterocycles. The molecule has 0 fully saturated rings. The Morgan fingerprint density at radius 3 is 1.25 bits per heavy atom. The normalized spacial score (nSPS) is 9.26. The maximum Gasteiger partial charge on any atom is 0.242 e. The van der Waals surface area contributed by atoms with Gasteiger partial charge < -0.3 is 56.4 Å². The molecule has 0 bridgehead atoms. The molecule has 0 saturated carbocycles. The monoisotopic (exact) mass is 761 g/mol. The molecule has 0 heterocycles. The lowest BCUT2D eigenvalue weighted by molar-refractivity contribution is -0.141. The van der Waals surface area contributed by atoms with Gasteiger partial charge in [0, 0.05) is 48.8 Å². The minimum Gasteiger partial charge on any atom is -0.368 e. The predicted molar refractivity (Wildman–Crippen MR) is 197 cm³/mol. The summed E-state index contributed by atoms with van der Waals surface area (Å²) in [5.74, 6) is -4.22. The Labute approximate surface area is 313 Å². The number of nitrogens with zero attached hydrogens (tertiary/aromatic N) is 6. The predicted octanol–water partition coefficient (Wildman–Crippen LogP) is -4.52. The lowest BCUT2D eigenvalue weighted by atomic mass is 10.4. The number of amides is 10.